The van der Waals surface area contributed by atoms with Crippen molar-refractivity contribution in [2.24, 2.45) is 5.41 Å². The summed E-state index contributed by atoms with van der Waals surface area (Å²) in [7, 11) is 2.24. The lowest BCUT2D eigenvalue weighted by atomic mass is 9.71. The lowest BCUT2D eigenvalue weighted by Crippen LogP contribution is -2.66. The summed E-state index contributed by atoms with van der Waals surface area (Å²) in [6.45, 7) is 7.19. The first kappa shape index (κ1) is 29.5. The van der Waals surface area contributed by atoms with Crippen LogP contribution in [0.2, 0.25) is 0 Å². The monoisotopic (exact) mass is 595 g/mol. The summed E-state index contributed by atoms with van der Waals surface area (Å²) < 4.78 is 75.9. The second-order valence-corrected chi connectivity index (χ2v) is 11.0. The highest BCUT2D eigenvalue weighted by molar-refractivity contribution is 7.79. The van der Waals surface area contributed by atoms with Crippen molar-refractivity contribution in [3.63, 3.8) is 0 Å². The van der Waals surface area contributed by atoms with Crippen LogP contribution in [0.5, 0.6) is 0 Å². The van der Waals surface area contributed by atoms with Crippen molar-refractivity contribution in [3.05, 3.63) is 65.3 Å². The molecule has 220 valence electrons. The fourth-order valence-corrected chi connectivity index (χ4v) is 5.40. The first-order valence-corrected chi connectivity index (χ1v) is 13.7. The Balaban J connectivity index is 0.000000200. The zero-order valence-electron chi connectivity index (χ0n) is 22.4. The van der Waals surface area contributed by atoms with E-state index in [0.29, 0.717) is 5.41 Å². The first-order chi connectivity index (χ1) is 19.7. The van der Waals surface area contributed by atoms with Gasteiger partial charge in [0.2, 0.25) is 5.89 Å². The molecule has 6 rings (SSSR count). The van der Waals surface area contributed by atoms with Crippen LogP contribution >= 0.6 is 12.2 Å². The average molecular weight is 596 g/mol. The Labute approximate surface area is 239 Å². The maximum absolute atomic E-state index is 14.4. The van der Waals surface area contributed by atoms with Crippen molar-refractivity contribution in [2.45, 2.75) is 31.9 Å². The number of thiocarbonyl (C=S) groups is 1. The van der Waals surface area contributed by atoms with Crippen molar-refractivity contribution in [1.82, 2.24) is 20.0 Å². The molecule has 4 heterocycles. The Morgan fingerprint density at radius 2 is 1.76 bits per heavy atom. The van der Waals surface area contributed by atoms with E-state index < -0.39 is 29.8 Å². The Morgan fingerprint density at radius 1 is 1.02 bits per heavy atom. The second-order valence-electron chi connectivity index (χ2n) is 10.8. The fraction of sp³-hybridized carbons (Fsp3) is 0.464. The van der Waals surface area contributed by atoms with Crippen molar-refractivity contribution in [3.8, 4) is 11.5 Å². The number of anilines is 1. The number of piperidine rings is 1. The Kier molecular flexibility index (Phi) is 8.97. The fourth-order valence-electron chi connectivity index (χ4n) is 5.20. The maximum Gasteiger partial charge on any atom is 0.314 e. The van der Waals surface area contributed by atoms with Gasteiger partial charge in [-0.1, -0.05) is 18.3 Å². The summed E-state index contributed by atoms with van der Waals surface area (Å²) >= 11 is 4.86. The molecule has 3 saturated heterocycles. The van der Waals surface area contributed by atoms with Gasteiger partial charge in [0.25, 0.3) is 5.89 Å². The standard InChI is InChI=1S/C17H10F5N3OS.C11H20N2O/c18-12-4-3-11(6-14(12)20)25(8-27)7-10-2-1-9(5-13(10)19)16-23-24-17(26-16)15(21)22;1-12-4-2-11(3-5-12)8-13(9-11)10-6-14-7-10/h1-6,8,15H,7H2;10H,2-9H2,1H3. The molecule has 41 heavy (non-hydrogen) atoms. The lowest BCUT2D eigenvalue weighted by Gasteiger charge is -2.57. The number of likely N-dealkylation sites (tertiary alicyclic amines) is 2. The van der Waals surface area contributed by atoms with E-state index in [2.05, 4.69) is 27.0 Å². The molecule has 0 radical (unpaired) electrons. The van der Waals surface area contributed by atoms with Gasteiger partial charge >= 0.3 is 6.43 Å². The number of alkyl halides is 2. The number of ether oxygens (including phenoxy) is 1. The van der Waals surface area contributed by atoms with Gasteiger partial charge in [0.15, 0.2) is 11.6 Å². The maximum atomic E-state index is 14.4. The van der Waals surface area contributed by atoms with Crippen molar-refractivity contribution >= 4 is 23.4 Å². The van der Waals surface area contributed by atoms with E-state index in [0.717, 1.165) is 37.5 Å². The largest absolute Gasteiger partial charge is 0.415 e. The van der Waals surface area contributed by atoms with E-state index >= 15 is 0 Å². The Morgan fingerprint density at radius 3 is 2.32 bits per heavy atom. The molecule has 0 atom stereocenters. The van der Waals surface area contributed by atoms with Crippen LogP contribution in [0, 0.1) is 22.9 Å². The van der Waals surface area contributed by atoms with Crippen molar-refractivity contribution in [1.29, 1.82) is 0 Å². The van der Waals surface area contributed by atoms with E-state index in [1.165, 1.54) is 67.6 Å². The summed E-state index contributed by atoms with van der Waals surface area (Å²) in [6.07, 6.45) is -0.108. The zero-order valence-corrected chi connectivity index (χ0v) is 23.2. The Bertz CT molecular complexity index is 1360. The van der Waals surface area contributed by atoms with Gasteiger partial charge in [0.1, 0.15) is 5.82 Å². The summed E-state index contributed by atoms with van der Waals surface area (Å²) in [6, 6.07) is 7.78. The minimum atomic E-state index is -2.93. The number of aromatic nitrogens is 2. The second kappa shape index (κ2) is 12.5. The van der Waals surface area contributed by atoms with Gasteiger partial charge in [-0.15, -0.1) is 10.2 Å². The van der Waals surface area contributed by atoms with Gasteiger partial charge in [0.05, 0.1) is 31.3 Å². The molecule has 1 spiro atoms. The molecule has 3 aliphatic rings. The summed E-state index contributed by atoms with van der Waals surface area (Å²) in [5.74, 6) is -3.87. The number of hydrogen-bond acceptors (Lipinski definition) is 7. The van der Waals surface area contributed by atoms with Gasteiger partial charge < -0.3 is 19.0 Å². The van der Waals surface area contributed by atoms with E-state index in [9.17, 15) is 22.0 Å². The summed E-state index contributed by atoms with van der Waals surface area (Å²) in [5, 5.41) is 6.63. The number of rotatable bonds is 7. The smallest absolute Gasteiger partial charge is 0.314 e. The van der Waals surface area contributed by atoms with Gasteiger partial charge in [-0.3, -0.25) is 4.90 Å². The normalized spacial score (nSPS) is 18.9. The molecule has 0 unspecified atom stereocenters. The molecule has 13 heteroatoms. The van der Waals surface area contributed by atoms with E-state index in [4.69, 9.17) is 21.4 Å². The lowest BCUT2D eigenvalue weighted by molar-refractivity contribution is -0.143. The van der Waals surface area contributed by atoms with Crippen molar-refractivity contribution < 1.29 is 31.1 Å². The van der Waals surface area contributed by atoms with E-state index in [1.54, 1.807) is 0 Å². The number of benzene rings is 2. The van der Waals surface area contributed by atoms with Gasteiger partial charge in [-0.25, -0.2) is 13.2 Å². The molecule has 0 aliphatic carbocycles. The molecule has 0 amide bonds. The molecule has 0 bridgehead atoms. The first-order valence-electron chi connectivity index (χ1n) is 13.2. The average Bonchev–Trinajstić information content (AvgIpc) is 3.40. The highest BCUT2D eigenvalue weighted by Crippen LogP contribution is 2.41. The van der Waals surface area contributed by atoms with Gasteiger partial charge in [-0.2, -0.15) is 8.78 Å². The molecule has 0 saturated carbocycles. The molecule has 0 N–H and O–H groups in total. The van der Waals surface area contributed by atoms with E-state index in [1.807, 2.05) is 0 Å². The SMILES string of the molecule is CN1CCC2(CC1)CN(C1COC1)C2.Fc1ccc(N(C=S)Cc2ccc(-c3nnc(C(F)F)o3)cc2F)cc1F. The topological polar surface area (TPSA) is 57.9 Å². The van der Waals surface area contributed by atoms with Crippen LogP contribution in [0.1, 0.15) is 30.7 Å². The van der Waals surface area contributed by atoms with Crippen molar-refractivity contribution in [2.75, 3.05) is 51.3 Å². The highest BCUT2D eigenvalue weighted by atomic mass is 32.1. The number of hydrogen-bond donors (Lipinski definition) is 0. The third-order valence-corrected chi connectivity index (χ3v) is 8.15. The Hall–Kier alpha value is -3.00. The van der Waals surface area contributed by atoms with Crippen LogP contribution in [-0.2, 0) is 11.3 Å². The predicted molar refractivity (Wildman–Crippen MR) is 146 cm³/mol. The molecular formula is C28H30F5N5O2S. The van der Waals surface area contributed by atoms with Crippen LogP contribution < -0.4 is 4.90 Å². The van der Waals surface area contributed by atoms with Gasteiger partial charge in [-0.05, 0) is 62.7 Å². The zero-order chi connectivity index (χ0) is 29.1. The van der Waals surface area contributed by atoms with Crippen LogP contribution in [0.25, 0.3) is 11.5 Å². The molecule has 3 aliphatic heterocycles. The number of nitrogens with zero attached hydrogens (tertiary/aromatic N) is 5. The van der Waals surface area contributed by atoms with Gasteiger partial charge in [0, 0.05) is 36.0 Å². The minimum absolute atomic E-state index is 0.0627. The third kappa shape index (κ3) is 6.74. The quantitative estimate of drug-likeness (QED) is 0.264. The van der Waals surface area contributed by atoms with Crippen LogP contribution in [-0.4, -0.2) is 78.0 Å². The third-order valence-electron chi connectivity index (χ3n) is 7.89. The minimum Gasteiger partial charge on any atom is -0.415 e. The van der Waals surface area contributed by atoms with E-state index in [-0.39, 0.29) is 29.2 Å². The summed E-state index contributed by atoms with van der Waals surface area (Å²) in [5.41, 5.74) is 2.41. The molecular weight excluding hydrogens is 565 g/mol. The summed E-state index contributed by atoms with van der Waals surface area (Å²) in [4.78, 5) is 6.42. The van der Waals surface area contributed by atoms with Crippen LogP contribution in [0.3, 0.4) is 0 Å². The van der Waals surface area contributed by atoms with Crippen LogP contribution in [0.15, 0.2) is 40.8 Å². The predicted octanol–water partition coefficient (Wildman–Crippen LogP) is 5.47. The highest BCUT2D eigenvalue weighted by Gasteiger charge is 2.47. The molecule has 1 aromatic heterocycles. The molecule has 3 fully saturated rings. The molecule has 7 nitrogen and oxygen atoms in total. The molecule has 3 aromatic rings. The van der Waals surface area contributed by atoms with Crippen LogP contribution in [0.4, 0.5) is 27.6 Å². The number of halogens is 5. The molecule has 2 aromatic carbocycles.